The van der Waals surface area contributed by atoms with Crippen molar-refractivity contribution in [2.45, 2.75) is 13.8 Å². The quantitative estimate of drug-likeness (QED) is 0.749. The summed E-state index contributed by atoms with van der Waals surface area (Å²) in [6.07, 6.45) is 1.65. The van der Waals surface area contributed by atoms with Gasteiger partial charge in [0.15, 0.2) is 6.61 Å². The Hall–Kier alpha value is -2.46. The Morgan fingerprint density at radius 2 is 1.88 bits per heavy atom. The average molecular weight is 346 g/mol. The second-order valence-electron chi connectivity index (χ2n) is 5.23. The Bertz CT molecular complexity index is 743. The average Bonchev–Trinajstić information content (AvgIpc) is 2.58. The minimum absolute atomic E-state index is 0.0995. The van der Waals surface area contributed by atoms with Gasteiger partial charge in [-0.05, 0) is 49.2 Å². The van der Waals surface area contributed by atoms with Crippen LogP contribution in [-0.4, -0.2) is 19.1 Å². The first-order chi connectivity index (χ1) is 11.5. The Morgan fingerprint density at radius 1 is 1.12 bits per heavy atom. The Balaban J connectivity index is 1.99. The molecule has 0 atom stereocenters. The zero-order valence-corrected chi connectivity index (χ0v) is 14.5. The van der Waals surface area contributed by atoms with Crippen molar-refractivity contribution in [1.82, 2.24) is 0 Å². The van der Waals surface area contributed by atoms with Crippen LogP contribution in [0.5, 0.6) is 11.5 Å². The van der Waals surface area contributed by atoms with Gasteiger partial charge in [-0.15, -0.1) is 0 Å². The maximum atomic E-state index is 12.1. The van der Waals surface area contributed by atoms with E-state index in [2.05, 4.69) is 11.9 Å². The number of rotatable bonds is 7. The number of anilines is 1. The SMILES string of the molecule is C=CCOc1ccccc1NC(=O)COc1ccc(Cl)c(C)c1C. The van der Waals surface area contributed by atoms with E-state index in [9.17, 15) is 4.79 Å². The van der Waals surface area contributed by atoms with Gasteiger partial charge in [-0.1, -0.05) is 36.4 Å². The first-order valence-corrected chi connectivity index (χ1v) is 7.91. The molecule has 0 fully saturated rings. The molecular formula is C19H20ClNO3. The zero-order chi connectivity index (χ0) is 17.5. The fraction of sp³-hybridized carbons (Fsp3) is 0.211. The fourth-order valence-corrected chi connectivity index (χ4v) is 2.30. The van der Waals surface area contributed by atoms with Crippen LogP contribution in [0.4, 0.5) is 5.69 Å². The van der Waals surface area contributed by atoms with E-state index < -0.39 is 0 Å². The zero-order valence-electron chi connectivity index (χ0n) is 13.8. The van der Waals surface area contributed by atoms with E-state index in [-0.39, 0.29) is 12.5 Å². The number of carbonyl (C=O) groups excluding carboxylic acids is 1. The highest BCUT2D eigenvalue weighted by atomic mass is 35.5. The largest absolute Gasteiger partial charge is 0.487 e. The number of benzene rings is 2. The lowest BCUT2D eigenvalue weighted by molar-refractivity contribution is -0.118. The van der Waals surface area contributed by atoms with Gasteiger partial charge in [-0.3, -0.25) is 4.79 Å². The van der Waals surface area contributed by atoms with Gasteiger partial charge in [0, 0.05) is 5.02 Å². The molecule has 0 bridgehead atoms. The number of carbonyl (C=O) groups is 1. The lowest BCUT2D eigenvalue weighted by Gasteiger charge is -2.13. The van der Waals surface area contributed by atoms with Gasteiger partial charge in [0.25, 0.3) is 5.91 Å². The van der Waals surface area contributed by atoms with E-state index in [1.807, 2.05) is 26.0 Å². The van der Waals surface area contributed by atoms with Gasteiger partial charge in [0.05, 0.1) is 5.69 Å². The maximum Gasteiger partial charge on any atom is 0.262 e. The van der Waals surface area contributed by atoms with Crippen molar-refractivity contribution in [2.75, 3.05) is 18.5 Å². The highest BCUT2D eigenvalue weighted by Gasteiger charge is 2.10. The molecule has 0 aliphatic carbocycles. The van der Waals surface area contributed by atoms with Crippen molar-refractivity contribution in [3.8, 4) is 11.5 Å². The minimum atomic E-state index is -0.267. The molecule has 2 rings (SSSR count). The smallest absolute Gasteiger partial charge is 0.262 e. The molecule has 4 nitrogen and oxygen atoms in total. The molecule has 126 valence electrons. The normalized spacial score (nSPS) is 10.1. The monoisotopic (exact) mass is 345 g/mol. The molecule has 2 aromatic carbocycles. The highest BCUT2D eigenvalue weighted by Crippen LogP contribution is 2.27. The van der Waals surface area contributed by atoms with E-state index >= 15 is 0 Å². The van der Waals surface area contributed by atoms with Crippen LogP contribution in [-0.2, 0) is 4.79 Å². The molecule has 0 heterocycles. The first kappa shape index (κ1) is 17.9. The van der Waals surface area contributed by atoms with Crippen LogP contribution in [0.3, 0.4) is 0 Å². The van der Waals surface area contributed by atoms with Gasteiger partial charge >= 0.3 is 0 Å². The van der Waals surface area contributed by atoms with Crippen LogP contribution in [0, 0.1) is 13.8 Å². The number of para-hydroxylation sites is 2. The molecule has 24 heavy (non-hydrogen) atoms. The van der Waals surface area contributed by atoms with Crippen LogP contribution < -0.4 is 14.8 Å². The van der Waals surface area contributed by atoms with Gasteiger partial charge in [-0.2, -0.15) is 0 Å². The Morgan fingerprint density at radius 3 is 2.62 bits per heavy atom. The maximum absolute atomic E-state index is 12.1. The Kier molecular flexibility index (Phi) is 6.27. The molecule has 2 aromatic rings. The molecule has 0 spiro atoms. The van der Waals surface area contributed by atoms with Crippen LogP contribution in [0.15, 0.2) is 49.1 Å². The predicted molar refractivity (Wildman–Crippen MR) is 97.2 cm³/mol. The molecule has 0 unspecified atom stereocenters. The Labute approximate surface area is 147 Å². The summed E-state index contributed by atoms with van der Waals surface area (Å²) in [5, 5.41) is 3.46. The van der Waals surface area contributed by atoms with Crippen molar-refractivity contribution in [3.05, 3.63) is 65.2 Å². The van der Waals surface area contributed by atoms with Crippen LogP contribution in [0.2, 0.25) is 5.02 Å². The molecule has 5 heteroatoms. The first-order valence-electron chi connectivity index (χ1n) is 7.54. The summed E-state index contributed by atoms with van der Waals surface area (Å²) < 4.78 is 11.1. The third-order valence-electron chi connectivity index (χ3n) is 3.55. The lowest BCUT2D eigenvalue weighted by Crippen LogP contribution is -2.21. The van der Waals surface area contributed by atoms with E-state index in [0.29, 0.717) is 28.8 Å². The number of ether oxygens (including phenoxy) is 2. The van der Waals surface area contributed by atoms with Gasteiger partial charge in [0.2, 0.25) is 0 Å². The van der Waals surface area contributed by atoms with E-state index in [0.717, 1.165) is 11.1 Å². The third-order valence-corrected chi connectivity index (χ3v) is 3.96. The van der Waals surface area contributed by atoms with E-state index in [4.69, 9.17) is 21.1 Å². The van der Waals surface area contributed by atoms with Crippen molar-refractivity contribution in [2.24, 2.45) is 0 Å². The number of amides is 1. The van der Waals surface area contributed by atoms with E-state index in [1.165, 1.54) is 0 Å². The van der Waals surface area contributed by atoms with Crippen molar-refractivity contribution >= 4 is 23.2 Å². The molecule has 0 radical (unpaired) electrons. The van der Waals surface area contributed by atoms with Crippen molar-refractivity contribution in [1.29, 1.82) is 0 Å². The summed E-state index contributed by atoms with van der Waals surface area (Å²) in [4.78, 5) is 12.1. The summed E-state index contributed by atoms with van der Waals surface area (Å²) in [5.41, 5.74) is 2.46. The predicted octanol–water partition coefficient (Wildman–Crippen LogP) is 4.54. The fourth-order valence-electron chi connectivity index (χ4n) is 2.09. The summed E-state index contributed by atoms with van der Waals surface area (Å²) in [7, 11) is 0. The molecule has 1 amide bonds. The molecule has 0 saturated carbocycles. The summed E-state index contributed by atoms with van der Waals surface area (Å²) in [5.74, 6) is 0.962. The molecule has 0 aliphatic rings. The minimum Gasteiger partial charge on any atom is -0.487 e. The molecule has 0 aliphatic heterocycles. The number of hydrogen-bond donors (Lipinski definition) is 1. The van der Waals surface area contributed by atoms with Gasteiger partial charge in [0.1, 0.15) is 18.1 Å². The summed E-state index contributed by atoms with van der Waals surface area (Å²) >= 11 is 6.06. The molecule has 1 N–H and O–H groups in total. The molecule has 0 aromatic heterocycles. The highest BCUT2D eigenvalue weighted by molar-refractivity contribution is 6.31. The standard InChI is InChI=1S/C19H20ClNO3/c1-4-11-23-18-8-6-5-7-16(18)21-19(22)12-24-17-10-9-15(20)13(2)14(17)3/h4-10H,1,11-12H2,2-3H3,(H,21,22). The van der Waals surface area contributed by atoms with Crippen LogP contribution in [0.1, 0.15) is 11.1 Å². The van der Waals surface area contributed by atoms with Crippen LogP contribution in [0.25, 0.3) is 0 Å². The number of halogens is 1. The van der Waals surface area contributed by atoms with Gasteiger partial charge < -0.3 is 14.8 Å². The molecule has 0 saturated heterocycles. The third kappa shape index (κ3) is 4.52. The van der Waals surface area contributed by atoms with Gasteiger partial charge in [-0.25, -0.2) is 0 Å². The van der Waals surface area contributed by atoms with E-state index in [1.54, 1.807) is 30.3 Å². The second kappa shape index (κ2) is 8.41. The van der Waals surface area contributed by atoms with Crippen molar-refractivity contribution in [3.63, 3.8) is 0 Å². The van der Waals surface area contributed by atoms with Crippen molar-refractivity contribution < 1.29 is 14.3 Å². The number of nitrogens with one attached hydrogen (secondary N) is 1. The van der Waals surface area contributed by atoms with Crippen LogP contribution >= 0.6 is 11.6 Å². The second-order valence-corrected chi connectivity index (χ2v) is 5.64. The summed E-state index contributed by atoms with van der Waals surface area (Å²) in [6.45, 7) is 7.70. The molecular weight excluding hydrogens is 326 g/mol. The lowest BCUT2D eigenvalue weighted by atomic mass is 10.1. The number of hydrogen-bond acceptors (Lipinski definition) is 3. The topological polar surface area (TPSA) is 47.6 Å². The summed E-state index contributed by atoms with van der Waals surface area (Å²) in [6, 6.07) is 10.7.